The van der Waals surface area contributed by atoms with Crippen molar-refractivity contribution in [3.63, 3.8) is 0 Å². The quantitative estimate of drug-likeness (QED) is 0.171. The van der Waals surface area contributed by atoms with Crippen molar-refractivity contribution in [1.29, 1.82) is 0 Å². The zero-order valence-electron chi connectivity index (χ0n) is 27.8. The van der Waals surface area contributed by atoms with Gasteiger partial charge in [-0.25, -0.2) is 0 Å². The van der Waals surface area contributed by atoms with Gasteiger partial charge in [0.1, 0.15) is 0 Å². The first kappa shape index (κ1) is 37.3. The van der Waals surface area contributed by atoms with Crippen LogP contribution < -0.4 is 11.1 Å². The Bertz CT molecular complexity index is 1370. The van der Waals surface area contributed by atoms with Crippen LogP contribution in [-0.4, -0.2) is 25.6 Å². The fraction of sp³-hybridized carbons (Fsp3) is 0.316. The summed E-state index contributed by atoms with van der Waals surface area (Å²) in [6, 6.07) is 28.2. The third kappa shape index (κ3) is 12.6. The number of nitrogens with one attached hydrogen (secondary N) is 1. The molecule has 0 saturated carbocycles. The van der Waals surface area contributed by atoms with Gasteiger partial charge >= 0.3 is 0 Å². The average molecular weight is 597 g/mol. The number of benzene rings is 3. The summed E-state index contributed by atoms with van der Waals surface area (Å²) >= 11 is 0. The Balaban J connectivity index is 0.00000174. The van der Waals surface area contributed by atoms with Crippen molar-refractivity contribution in [2.24, 2.45) is 15.7 Å². The van der Waals surface area contributed by atoms with E-state index in [0.717, 1.165) is 29.2 Å². The Morgan fingerprint density at radius 1 is 0.930 bits per heavy atom. The van der Waals surface area contributed by atoms with Gasteiger partial charge in [-0.15, -0.1) is 0 Å². The zero-order chi connectivity index (χ0) is 32.2. The van der Waals surface area contributed by atoms with E-state index >= 15 is 0 Å². The Kier molecular flexibility index (Phi) is 18.2. The summed E-state index contributed by atoms with van der Waals surface area (Å²) in [5.41, 5.74) is 14.1. The third-order valence-corrected chi connectivity index (χ3v) is 8.13. The molecule has 0 aliphatic heterocycles. The van der Waals surface area contributed by atoms with Gasteiger partial charge in [-0.05, 0) is 73.8 Å². The maximum Gasteiger partial charge on any atom is 0.0725 e. The Morgan fingerprint density at radius 2 is 1.51 bits per heavy atom. The predicted octanol–water partition coefficient (Wildman–Crippen LogP) is 9.74. The molecule has 5 heteroatoms. The first-order valence-electron chi connectivity index (χ1n) is 15.1. The summed E-state index contributed by atoms with van der Waals surface area (Å²) < 4.78 is 0. The summed E-state index contributed by atoms with van der Waals surface area (Å²) in [7, 11) is 2.45. The van der Waals surface area contributed by atoms with E-state index < -0.39 is 0 Å². The predicted molar refractivity (Wildman–Crippen MR) is 195 cm³/mol. The highest BCUT2D eigenvalue weighted by Gasteiger charge is 2.16. The molecule has 0 saturated heterocycles. The summed E-state index contributed by atoms with van der Waals surface area (Å²) in [6.07, 6.45) is 5.34. The van der Waals surface area contributed by atoms with Crippen LogP contribution in [0.5, 0.6) is 0 Å². The van der Waals surface area contributed by atoms with Gasteiger partial charge in [0, 0.05) is 42.1 Å². The van der Waals surface area contributed by atoms with E-state index in [1.54, 1.807) is 0 Å². The maximum absolute atomic E-state index is 5.07. The molecule has 0 fully saturated rings. The summed E-state index contributed by atoms with van der Waals surface area (Å²) in [5, 5.41) is 4.80. The van der Waals surface area contributed by atoms with Crippen LogP contribution >= 0.6 is 8.58 Å². The summed E-state index contributed by atoms with van der Waals surface area (Å²) in [4.78, 5) is 9.30. The van der Waals surface area contributed by atoms with Crippen molar-refractivity contribution in [2.75, 3.05) is 13.7 Å². The molecule has 3 aromatic rings. The largest absolute Gasteiger partial charge is 0.405 e. The number of aliphatic imine (C=N–C) groups is 2. The monoisotopic (exact) mass is 596 g/mol. The van der Waals surface area contributed by atoms with Crippen molar-refractivity contribution in [3.05, 3.63) is 142 Å². The molecule has 3 unspecified atom stereocenters. The summed E-state index contributed by atoms with van der Waals surface area (Å²) in [6.45, 7) is 21.0. The highest BCUT2D eigenvalue weighted by atomic mass is 31.1. The molecule has 3 rings (SSSR count). The van der Waals surface area contributed by atoms with Gasteiger partial charge in [0.15, 0.2) is 0 Å². The molecule has 0 aliphatic carbocycles. The van der Waals surface area contributed by atoms with Crippen molar-refractivity contribution >= 4 is 20.5 Å². The van der Waals surface area contributed by atoms with Crippen LogP contribution in [0.1, 0.15) is 81.2 Å². The van der Waals surface area contributed by atoms with Gasteiger partial charge in [0.2, 0.25) is 0 Å². The van der Waals surface area contributed by atoms with Gasteiger partial charge in [-0.2, -0.15) is 0 Å². The van der Waals surface area contributed by atoms with Crippen molar-refractivity contribution < 1.29 is 0 Å². The molecule has 3 N–H and O–H groups in total. The lowest BCUT2D eigenvalue weighted by Crippen LogP contribution is -2.13. The highest BCUT2D eigenvalue weighted by molar-refractivity contribution is 7.43. The summed E-state index contributed by atoms with van der Waals surface area (Å²) in [5.74, 6) is 0.889. The van der Waals surface area contributed by atoms with Gasteiger partial charge in [0.25, 0.3) is 0 Å². The lowest BCUT2D eigenvalue weighted by molar-refractivity contribution is 0.622. The van der Waals surface area contributed by atoms with E-state index in [9.17, 15) is 0 Å². The molecule has 0 heterocycles. The fourth-order valence-corrected chi connectivity index (χ4v) is 5.23. The van der Waals surface area contributed by atoms with E-state index in [4.69, 9.17) is 4.99 Å². The average Bonchev–Trinajstić information content (AvgIpc) is 3.03. The van der Waals surface area contributed by atoms with Crippen LogP contribution in [0, 0.1) is 6.92 Å². The Labute approximate surface area is 263 Å². The fourth-order valence-electron chi connectivity index (χ4n) is 4.56. The van der Waals surface area contributed by atoms with Gasteiger partial charge in [-0.1, -0.05) is 122 Å². The standard InChI is InChI=1S/C34H42N3P.C2H5N.C2H6/c1-24-14-11-12-19-32(24)33(37-28(5)34(38-7)23-35-6)20-25(2)36-22-29-15-13-18-31(21-29)27(4)26(3)30-16-9-8-10-17-30;1-2-3;1-2/h8-21,23,26-27,36,38H,22H2,1-7H3;2H,1,3H2;1-2H3/b25-20+,34-28-,35-23?,37-33+;;. The SMILES string of the molecule is C=CN.CC.CN=C/C(PC)=C(C)/N=C(\C=C(/C)NCc1cccc(C(C)C(C)c2ccccc2)c1)c1ccccc1C. The Morgan fingerprint density at radius 3 is 2.12 bits per heavy atom. The topological polar surface area (TPSA) is 62.8 Å². The first-order valence-corrected chi connectivity index (χ1v) is 16.6. The second-order valence-corrected chi connectivity index (χ2v) is 11.1. The lowest BCUT2D eigenvalue weighted by Gasteiger charge is -2.21. The molecule has 43 heavy (non-hydrogen) atoms. The van der Waals surface area contributed by atoms with Crippen molar-refractivity contribution in [1.82, 2.24) is 5.32 Å². The van der Waals surface area contributed by atoms with E-state index in [1.165, 1.54) is 33.8 Å². The minimum absolute atomic E-state index is 0.434. The minimum atomic E-state index is 0.434. The van der Waals surface area contributed by atoms with E-state index in [2.05, 4.69) is 149 Å². The van der Waals surface area contributed by atoms with E-state index in [1.807, 2.05) is 27.1 Å². The first-order chi connectivity index (χ1) is 20.7. The molecule has 3 atom stereocenters. The molecular weight excluding hydrogens is 543 g/mol. The van der Waals surface area contributed by atoms with Crippen molar-refractivity contribution in [2.45, 2.75) is 66.8 Å². The van der Waals surface area contributed by atoms with Crippen LogP contribution in [0.2, 0.25) is 0 Å². The van der Waals surface area contributed by atoms with Gasteiger partial charge in [0.05, 0.1) is 5.71 Å². The molecule has 4 nitrogen and oxygen atoms in total. The number of nitrogens with two attached hydrogens (primary N) is 1. The minimum Gasteiger partial charge on any atom is -0.405 e. The number of allylic oxidation sites excluding steroid dienone is 4. The third-order valence-electron chi connectivity index (χ3n) is 7.10. The molecule has 230 valence electrons. The molecule has 0 aromatic heterocycles. The van der Waals surface area contributed by atoms with Crippen LogP contribution in [0.15, 0.2) is 124 Å². The molecule has 0 spiro atoms. The van der Waals surface area contributed by atoms with Crippen LogP contribution in [0.4, 0.5) is 0 Å². The number of hydrogen-bond donors (Lipinski definition) is 2. The second-order valence-electron chi connectivity index (χ2n) is 10.1. The molecular formula is C38H53N4P. The van der Waals surface area contributed by atoms with E-state index in [-0.39, 0.29) is 0 Å². The van der Waals surface area contributed by atoms with Crippen LogP contribution in [-0.2, 0) is 6.54 Å². The molecule has 0 bridgehead atoms. The van der Waals surface area contributed by atoms with E-state index in [0.29, 0.717) is 20.4 Å². The van der Waals surface area contributed by atoms with Gasteiger partial charge in [-0.3, -0.25) is 9.98 Å². The van der Waals surface area contributed by atoms with Crippen molar-refractivity contribution in [3.8, 4) is 0 Å². The number of nitrogens with zero attached hydrogens (tertiary/aromatic N) is 2. The van der Waals surface area contributed by atoms with Gasteiger partial charge < -0.3 is 11.1 Å². The normalized spacial score (nSPS) is 13.8. The molecule has 0 aliphatic rings. The second kappa shape index (κ2) is 21.0. The van der Waals surface area contributed by atoms with Crippen LogP contribution in [0.3, 0.4) is 0 Å². The van der Waals surface area contributed by atoms with Crippen LogP contribution in [0.25, 0.3) is 0 Å². The smallest absolute Gasteiger partial charge is 0.0725 e. The highest BCUT2D eigenvalue weighted by Crippen LogP contribution is 2.32. The Hall–Kier alpha value is -3.75. The number of hydrogen-bond acceptors (Lipinski definition) is 4. The number of aryl methyl sites for hydroxylation is 1. The maximum atomic E-state index is 5.07. The lowest BCUT2D eigenvalue weighted by atomic mass is 9.83. The molecule has 0 amide bonds. The zero-order valence-corrected chi connectivity index (χ0v) is 28.8. The molecule has 0 radical (unpaired) electrons. The number of rotatable bonds is 11. The molecule has 3 aromatic carbocycles.